The number of ketones is 1. The number of rotatable bonds is 4. The van der Waals surface area contributed by atoms with Crippen molar-refractivity contribution >= 4 is 29.0 Å². The molecule has 1 rings (SSSR count). The molecule has 6 heteroatoms. The van der Waals surface area contributed by atoms with Crippen LogP contribution in [0, 0.1) is 0 Å². The SMILES string of the molecule is [2H]c1cc(C(=O)C([2H])([2H])C([2H])(N)C(=O)O)c(N)cc1Cl. The Bertz CT molecular complexity index is 592. The number of hydrogen-bond acceptors (Lipinski definition) is 4. The van der Waals surface area contributed by atoms with Crippen molar-refractivity contribution in [1.29, 1.82) is 0 Å². The molecule has 0 aliphatic carbocycles. The molecule has 0 spiro atoms. The second-order valence-corrected chi connectivity index (χ2v) is 3.23. The summed E-state index contributed by atoms with van der Waals surface area (Å²) in [7, 11) is 0. The third kappa shape index (κ3) is 2.95. The number of hydrogen-bond donors (Lipinski definition) is 3. The van der Waals surface area contributed by atoms with Crippen molar-refractivity contribution in [2.45, 2.75) is 12.4 Å². The van der Waals surface area contributed by atoms with Gasteiger partial charge in [0, 0.05) is 25.4 Å². The fourth-order valence-electron chi connectivity index (χ4n) is 0.920. The molecule has 0 saturated carbocycles. The second kappa shape index (κ2) is 4.96. The maximum atomic E-state index is 12.1. The van der Waals surface area contributed by atoms with Gasteiger partial charge in [-0.1, -0.05) is 11.6 Å². The Labute approximate surface area is 103 Å². The van der Waals surface area contributed by atoms with E-state index in [-0.39, 0.29) is 16.8 Å². The molecular formula is C10H11ClN2O3. The molecule has 1 unspecified atom stereocenters. The number of anilines is 1. The fraction of sp³-hybridized carbons (Fsp3) is 0.200. The minimum Gasteiger partial charge on any atom is -0.480 e. The summed E-state index contributed by atoms with van der Waals surface area (Å²) in [5.41, 5.74) is 9.87. The van der Waals surface area contributed by atoms with Gasteiger partial charge >= 0.3 is 5.97 Å². The van der Waals surface area contributed by atoms with Crippen molar-refractivity contribution in [2.24, 2.45) is 5.73 Å². The Balaban J connectivity index is 3.38. The molecule has 0 heterocycles. The van der Waals surface area contributed by atoms with Crippen molar-refractivity contribution in [1.82, 2.24) is 0 Å². The topological polar surface area (TPSA) is 106 Å². The van der Waals surface area contributed by atoms with Crippen molar-refractivity contribution in [3.05, 3.63) is 28.8 Å². The van der Waals surface area contributed by atoms with Gasteiger partial charge in [-0.3, -0.25) is 9.59 Å². The average Bonchev–Trinajstić information content (AvgIpc) is 2.32. The van der Waals surface area contributed by atoms with Gasteiger partial charge in [-0.15, -0.1) is 0 Å². The highest BCUT2D eigenvalue weighted by Crippen LogP contribution is 2.19. The highest BCUT2D eigenvalue weighted by atomic mass is 35.5. The summed E-state index contributed by atoms with van der Waals surface area (Å²) in [6.07, 6.45) is -3.24. The van der Waals surface area contributed by atoms with E-state index >= 15 is 0 Å². The molecule has 0 radical (unpaired) electrons. The van der Waals surface area contributed by atoms with Crippen LogP contribution in [0.5, 0.6) is 0 Å². The Morgan fingerprint density at radius 3 is 2.94 bits per heavy atom. The van der Waals surface area contributed by atoms with Gasteiger partial charge in [0.05, 0.1) is 2.74 Å². The van der Waals surface area contributed by atoms with E-state index in [9.17, 15) is 9.59 Å². The quantitative estimate of drug-likeness (QED) is 0.541. The molecule has 0 amide bonds. The minimum atomic E-state index is -3.24. The molecule has 5 N–H and O–H groups in total. The van der Waals surface area contributed by atoms with Crippen LogP contribution in [0.3, 0.4) is 0 Å². The van der Waals surface area contributed by atoms with Gasteiger partial charge in [0.25, 0.3) is 0 Å². The number of carbonyl (C=O) groups excluding carboxylic acids is 1. The predicted molar refractivity (Wildman–Crippen MR) is 60.4 cm³/mol. The van der Waals surface area contributed by atoms with E-state index in [0.29, 0.717) is 0 Å². The second-order valence-electron chi connectivity index (χ2n) is 2.82. The summed E-state index contributed by atoms with van der Waals surface area (Å²) >= 11 is 5.62. The van der Waals surface area contributed by atoms with Gasteiger partial charge in [0.2, 0.25) is 0 Å². The van der Waals surface area contributed by atoms with Crippen LogP contribution in [0.4, 0.5) is 5.69 Å². The van der Waals surface area contributed by atoms with Gasteiger partial charge in [-0.2, -0.15) is 0 Å². The lowest BCUT2D eigenvalue weighted by Crippen LogP contribution is -2.32. The Morgan fingerprint density at radius 2 is 2.38 bits per heavy atom. The minimum absolute atomic E-state index is 0.0530. The Kier molecular flexibility index (Phi) is 2.37. The van der Waals surface area contributed by atoms with E-state index in [2.05, 4.69) is 0 Å². The zero-order valence-corrected chi connectivity index (χ0v) is 8.71. The maximum Gasteiger partial charge on any atom is 0.320 e. The van der Waals surface area contributed by atoms with E-state index in [1.165, 1.54) is 0 Å². The molecule has 1 aromatic carbocycles. The third-order valence-corrected chi connectivity index (χ3v) is 1.89. The lowest BCUT2D eigenvalue weighted by Gasteiger charge is -2.07. The number of aliphatic carboxylic acids is 1. The van der Waals surface area contributed by atoms with E-state index in [0.717, 1.165) is 12.1 Å². The highest BCUT2D eigenvalue weighted by Gasteiger charge is 2.18. The van der Waals surface area contributed by atoms with Gasteiger partial charge in [0.15, 0.2) is 5.78 Å². The van der Waals surface area contributed by atoms with Crippen LogP contribution in [0.15, 0.2) is 18.2 Å². The lowest BCUT2D eigenvalue weighted by molar-refractivity contribution is -0.138. The average molecular weight is 247 g/mol. The summed E-state index contributed by atoms with van der Waals surface area (Å²) in [5.74, 6) is -3.41. The van der Waals surface area contributed by atoms with Crippen LogP contribution in [-0.2, 0) is 4.79 Å². The number of carbonyl (C=O) groups is 2. The van der Waals surface area contributed by atoms with Gasteiger partial charge < -0.3 is 16.6 Å². The number of halogens is 1. The van der Waals surface area contributed by atoms with Crippen molar-refractivity contribution < 1.29 is 20.2 Å². The fourth-order valence-corrected chi connectivity index (χ4v) is 1.09. The number of nitrogens with two attached hydrogens (primary N) is 2. The molecule has 1 atom stereocenters. The van der Waals surface area contributed by atoms with Crippen LogP contribution in [0.25, 0.3) is 0 Å². The van der Waals surface area contributed by atoms with Crippen LogP contribution in [0.1, 0.15) is 22.2 Å². The standard InChI is InChI=1S/C10H11ClN2O3/c11-5-1-2-6(7(12)3-5)9(14)4-8(13)10(15)16/h1-3,8H,4,12-13H2,(H,15,16)/i1D,4D2,8D. The van der Waals surface area contributed by atoms with Crippen molar-refractivity contribution in [3.63, 3.8) is 0 Å². The summed E-state index contributed by atoms with van der Waals surface area (Å²) < 4.78 is 29.7. The third-order valence-electron chi connectivity index (χ3n) is 1.67. The largest absolute Gasteiger partial charge is 0.480 e. The molecule has 5 nitrogen and oxygen atoms in total. The van der Waals surface area contributed by atoms with Crippen molar-refractivity contribution in [3.8, 4) is 0 Å². The van der Waals surface area contributed by atoms with Gasteiger partial charge in [0.1, 0.15) is 6.02 Å². The summed E-state index contributed by atoms with van der Waals surface area (Å²) in [5, 5.41) is 8.69. The molecule has 0 aromatic heterocycles. The molecule has 0 fully saturated rings. The van der Waals surface area contributed by atoms with E-state index < -0.39 is 29.7 Å². The highest BCUT2D eigenvalue weighted by molar-refractivity contribution is 6.31. The maximum absolute atomic E-state index is 12.1. The Hall–Kier alpha value is -1.59. The zero-order chi connectivity index (χ0) is 15.9. The summed E-state index contributed by atoms with van der Waals surface area (Å²) in [6, 6.07) is -1.52. The first-order chi connectivity index (χ1) is 8.92. The van der Waals surface area contributed by atoms with Crippen LogP contribution in [-0.4, -0.2) is 22.9 Å². The zero-order valence-electron chi connectivity index (χ0n) is 12.0. The molecule has 16 heavy (non-hydrogen) atoms. The first-order valence-corrected chi connectivity index (χ1v) is 4.43. The lowest BCUT2D eigenvalue weighted by atomic mass is 10.0. The number of benzene rings is 1. The number of nitrogen functional groups attached to an aromatic ring is 1. The molecule has 0 bridgehead atoms. The number of Topliss-reactive ketones (excluding diaryl/α,β-unsaturated/α-hetero) is 1. The van der Waals surface area contributed by atoms with E-state index in [1.54, 1.807) is 0 Å². The van der Waals surface area contributed by atoms with Gasteiger partial charge in [-0.05, 0) is 18.2 Å². The number of carboxylic acids is 1. The molecular weight excluding hydrogens is 232 g/mol. The molecule has 0 aliphatic heterocycles. The van der Waals surface area contributed by atoms with Crippen LogP contribution < -0.4 is 11.5 Å². The smallest absolute Gasteiger partial charge is 0.320 e. The van der Waals surface area contributed by atoms with E-state index in [1.807, 2.05) is 0 Å². The molecule has 0 saturated heterocycles. The monoisotopic (exact) mass is 246 g/mol. The van der Waals surface area contributed by atoms with Crippen LogP contribution in [0.2, 0.25) is 5.02 Å². The first kappa shape index (κ1) is 7.65. The van der Waals surface area contributed by atoms with Crippen molar-refractivity contribution in [2.75, 3.05) is 5.73 Å². The molecule has 0 aliphatic rings. The van der Waals surface area contributed by atoms with Gasteiger partial charge in [-0.25, -0.2) is 0 Å². The summed E-state index contributed by atoms with van der Waals surface area (Å²) in [4.78, 5) is 22.9. The Morgan fingerprint density at radius 1 is 1.75 bits per heavy atom. The normalized spacial score (nSPS) is 18.6. The summed E-state index contributed by atoms with van der Waals surface area (Å²) in [6.45, 7) is 0. The van der Waals surface area contributed by atoms with E-state index in [4.69, 9.17) is 33.7 Å². The first-order valence-electron chi connectivity index (χ1n) is 6.05. The predicted octanol–water partition coefficient (Wildman–Crippen LogP) is 0.907. The number of carboxylic acid groups (broad SMARTS) is 1. The molecule has 1 aromatic rings. The van der Waals surface area contributed by atoms with Crippen LogP contribution >= 0.6 is 11.6 Å². The molecule has 86 valence electrons.